The summed E-state index contributed by atoms with van der Waals surface area (Å²) in [6.45, 7) is 0. The monoisotopic (exact) mass is 233 g/mol. The molecule has 0 aromatic carbocycles. The van der Waals surface area contributed by atoms with Gasteiger partial charge in [0.15, 0.2) is 0 Å². The zero-order valence-electron chi connectivity index (χ0n) is 10.8. The third-order valence-corrected chi connectivity index (χ3v) is 3.67. The lowest BCUT2D eigenvalue weighted by Crippen LogP contribution is -3.00. The number of halogens is 1. The summed E-state index contributed by atoms with van der Waals surface area (Å²) in [5.74, 6) is 0. The molecule has 0 aromatic rings. The lowest BCUT2D eigenvalue weighted by Gasteiger charge is -2.35. The maximum Gasteiger partial charge on any atom is 0.0884 e. The molecule has 0 heterocycles. The Labute approximate surface area is 102 Å². The molecule has 2 heteroatoms. The van der Waals surface area contributed by atoms with E-state index >= 15 is 0 Å². The van der Waals surface area contributed by atoms with Crippen LogP contribution in [0.25, 0.3) is 0 Å². The highest BCUT2D eigenvalue weighted by Gasteiger charge is 2.22. The smallest absolute Gasteiger partial charge is 0.0884 e. The fraction of sp³-hybridized carbons (Fsp3) is 1.00. The van der Waals surface area contributed by atoms with Crippen LogP contribution in [-0.2, 0) is 0 Å². The van der Waals surface area contributed by atoms with E-state index in [0.29, 0.717) is 0 Å². The first-order valence-electron chi connectivity index (χ1n) is 6.42. The fourth-order valence-corrected chi connectivity index (χ4v) is 2.56. The normalized spacial score (nSPS) is 21.8. The summed E-state index contributed by atoms with van der Waals surface area (Å²) in [7, 11) is 7.07. The van der Waals surface area contributed by atoms with Crippen molar-refractivity contribution < 1.29 is 16.9 Å². The summed E-state index contributed by atoms with van der Waals surface area (Å²) < 4.78 is 1.17. The highest BCUT2D eigenvalue weighted by atomic mass is 35.5. The van der Waals surface area contributed by atoms with E-state index in [0.717, 1.165) is 6.04 Å². The van der Waals surface area contributed by atoms with Crippen LogP contribution in [0.1, 0.15) is 57.8 Å². The summed E-state index contributed by atoms with van der Waals surface area (Å²) in [5.41, 5.74) is 0. The van der Waals surface area contributed by atoms with Gasteiger partial charge in [0.2, 0.25) is 0 Å². The molecular formula is C13H28ClN. The zero-order valence-corrected chi connectivity index (χ0v) is 11.5. The van der Waals surface area contributed by atoms with Crippen LogP contribution in [0, 0.1) is 0 Å². The van der Waals surface area contributed by atoms with Gasteiger partial charge in [0.05, 0.1) is 27.2 Å². The van der Waals surface area contributed by atoms with Gasteiger partial charge in [-0.05, 0) is 25.7 Å². The van der Waals surface area contributed by atoms with E-state index in [9.17, 15) is 0 Å². The molecule has 0 aromatic heterocycles. The van der Waals surface area contributed by atoms with Crippen molar-refractivity contribution in [3.05, 3.63) is 0 Å². The van der Waals surface area contributed by atoms with Gasteiger partial charge < -0.3 is 16.9 Å². The molecule has 0 atom stereocenters. The highest BCUT2D eigenvalue weighted by molar-refractivity contribution is 4.61. The minimum Gasteiger partial charge on any atom is -1.00 e. The first-order valence-corrected chi connectivity index (χ1v) is 6.42. The Balaban J connectivity index is 0.00000196. The van der Waals surface area contributed by atoms with Gasteiger partial charge in [-0.25, -0.2) is 0 Å². The number of hydrogen-bond donors (Lipinski definition) is 0. The standard InChI is InChI=1S/C13H28N.ClH/c1-14(2,3)13-11-9-7-5-4-6-8-10-12-13;/h13H,4-12H2,1-3H3;1H/q+1;/p-1. The van der Waals surface area contributed by atoms with Gasteiger partial charge in [-0.15, -0.1) is 0 Å². The first kappa shape index (κ1) is 15.2. The van der Waals surface area contributed by atoms with E-state index < -0.39 is 0 Å². The van der Waals surface area contributed by atoms with Gasteiger partial charge >= 0.3 is 0 Å². The molecule has 1 rings (SSSR count). The molecule has 1 saturated carbocycles. The van der Waals surface area contributed by atoms with Gasteiger partial charge in [0.25, 0.3) is 0 Å². The summed E-state index contributed by atoms with van der Waals surface area (Å²) in [5, 5.41) is 0. The Hall–Kier alpha value is 0.250. The van der Waals surface area contributed by atoms with Crippen molar-refractivity contribution in [2.75, 3.05) is 21.1 Å². The van der Waals surface area contributed by atoms with Crippen LogP contribution in [0.5, 0.6) is 0 Å². The van der Waals surface area contributed by atoms with Crippen molar-refractivity contribution in [1.29, 1.82) is 0 Å². The molecule has 0 bridgehead atoms. The van der Waals surface area contributed by atoms with E-state index in [1.165, 1.54) is 62.3 Å². The summed E-state index contributed by atoms with van der Waals surface area (Å²) >= 11 is 0. The molecule has 15 heavy (non-hydrogen) atoms. The van der Waals surface area contributed by atoms with Crippen molar-refractivity contribution in [3.8, 4) is 0 Å². The third kappa shape index (κ3) is 6.42. The Morgan fingerprint density at radius 3 is 1.33 bits per heavy atom. The topological polar surface area (TPSA) is 0 Å². The number of rotatable bonds is 1. The SMILES string of the molecule is C[N+](C)(C)C1CCCCCCCCC1.[Cl-]. The van der Waals surface area contributed by atoms with E-state index in [4.69, 9.17) is 0 Å². The number of hydrogen-bond acceptors (Lipinski definition) is 0. The molecule has 0 unspecified atom stereocenters. The summed E-state index contributed by atoms with van der Waals surface area (Å²) in [4.78, 5) is 0. The molecule has 1 aliphatic rings. The Morgan fingerprint density at radius 1 is 0.667 bits per heavy atom. The summed E-state index contributed by atoms with van der Waals surface area (Å²) in [6, 6.07) is 0.910. The molecule has 0 spiro atoms. The van der Waals surface area contributed by atoms with Gasteiger partial charge in [0.1, 0.15) is 0 Å². The van der Waals surface area contributed by atoms with E-state index in [-0.39, 0.29) is 12.4 Å². The largest absolute Gasteiger partial charge is 1.00 e. The van der Waals surface area contributed by atoms with Crippen LogP contribution in [0.15, 0.2) is 0 Å². The molecule has 1 nitrogen and oxygen atoms in total. The average molecular weight is 234 g/mol. The maximum atomic E-state index is 2.36. The lowest BCUT2D eigenvalue weighted by atomic mass is 9.96. The van der Waals surface area contributed by atoms with Crippen molar-refractivity contribution in [2.24, 2.45) is 0 Å². The molecule has 92 valence electrons. The molecule has 1 aliphatic carbocycles. The number of quaternary nitrogens is 1. The van der Waals surface area contributed by atoms with Gasteiger partial charge in [-0.3, -0.25) is 0 Å². The van der Waals surface area contributed by atoms with E-state index in [1.807, 2.05) is 0 Å². The second-order valence-corrected chi connectivity index (χ2v) is 5.82. The average Bonchev–Trinajstić information content (AvgIpc) is 2.12. The van der Waals surface area contributed by atoms with Crippen molar-refractivity contribution >= 4 is 0 Å². The lowest BCUT2D eigenvalue weighted by molar-refractivity contribution is -0.896. The quantitative estimate of drug-likeness (QED) is 0.582. The Bertz CT molecular complexity index is 141. The third-order valence-electron chi connectivity index (χ3n) is 3.67. The molecule has 0 radical (unpaired) electrons. The fourth-order valence-electron chi connectivity index (χ4n) is 2.56. The van der Waals surface area contributed by atoms with Crippen LogP contribution < -0.4 is 12.4 Å². The van der Waals surface area contributed by atoms with Gasteiger partial charge in [-0.2, -0.15) is 0 Å². The zero-order chi connectivity index (χ0) is 10.4. The Morgan fingerprint density at radius 2 is 1.00 bits per heavy atom. The van der Waals surface area contributed by atoms with E-state index in [2.05, 4.69) is 21.1 Å². The highest BCUT2D eigenvalue weighted by Crippen LogP contribution is 2.21. The molecule has 0 N–H and O–H groups in total. The molecule has 0 aliphatic heterocycles. The van der Waals surface area contributed by atoms with Crippen LogP contribution in [0.3, 0.4) is 0 Å². The molecular weight excluding hydrogens is 206 g/mol. The minimum absolute atomic E-state index is 0. The van der Waals surface area contributed by atoms with Gasteiger partial charge in [0, 0.05) is 0 Å². The van der Waals surface area contributed by atoms with Crippen molar-refractivity contribution in [2.45, 2.75) is 63.8 Å². The maximum absolute atomic E-state index is 2.36. The second kappa shape index (κ2) is 7.51. The van der Waals surface area contributed by atoms with Crippen molar-refractivity contribution in [3.63, 3.8) is 0 Å². The number of nitrogens with zero attached hydrogens (tertiary/aromatic N) is 1. The van der Waals surface area contributed by atoms with Crippen molar-refractivity contribution in [1.82, 2.24) is 0 Å². The first-order chi connectivity index (χ1) is 6.61. The van der Waals surface area contributed by atoms with Crippen LogP contribution in [0.4, 0.5) is 0 Å². The van der Waals surface area contributed by atoms with Crippen LogP contribution >= 0.6 is 0 Å². The predicted octanol–water partition coefficient (Wildman–Crippen LogP) is 0.590. The van der Waals surface area contributed by atoms with E-state index in [1.54, 1.807) is 0 Å². The summed E-state index contributed by atoms with van der Waals surface area (Å²) in [6.07, 6.45) is 13.2. The van der Waals surface area contributed by atoms with Crippen LogP contribution in [0.2, 0.25) is 0 Å². The van der Waals surface area contributed by atoms with Crippen LogP contribution in [-0.4, -0.2) is 31.7 Å². The second-order valence-electron chi connectivity index (χ2n) is 5.82. The Kier molecular flexibility index (Phi) is 7.64. The molecule has 0 amide bonds. The molecule has 1 fully saturated rings. The minimum atomic E-state index is 0. The van der Waals surface area contributed by atoms with Gasteiger partial charge in [-0.1, -0.05) is 32.1 Å². The molecule has 0 saturated heterocycles. The predicted molar refractivity (Wildman–Crippen MR) is 63.4 cm³/mol.